The van der Waals surface area contributed by atoms with E-state index in [1.165, 1.54) is 7.05 Å². The van der Waals surface area contributed by atoms with Gasteiger partial charge >= 0.3 is 6.03 Å². The molecule has 0 unspecified atom stereocenters. The molecule has 0 fully saturated rings. The van der Waals surface area contributed by atoms with E-state index in [9.17, 15) is 9.59 Å². The molecule has 0 spiro atoms. The van der Waals surface area contributed by atoms with Gasteiger partial charge in [0.2, 0.25) is 5.91 Å². The lowest BCUT2D eigenvalue weighted by Gasteiger charge is -2.06. The number of nitrogens with zero attached hydrogens (tertiary/aromatic N) is 2. The minimum absolute atomic E-state index is 0.191. The second-order valence-corrected chi connectivity index (χ2v) is 2.39. The molecule has 5 heteroatoms. The molecule has 0 radical (unpaired) electrons. The van der Waals surface area contributed by atoms with E-state index in [2.05, 4.69) is 10.4 Å². The Bertz CT molecular complexity index is 234. The Morgan fingerprint density at radius 3 is 2.82 bits per heavy atom. The standard InChI is InChI=1S/C6H9N3O2/c1-4-3-5(10)7-6(11)9(2)8-4/h3H2,1-2H3,(H,7,10,11). The van der Waals surface area contributed by atoms with Gasteiger partial charge in [0, 0.05) is 12.8 Å². The lowest BCUT2D eigenvalue weighted by molar-refractivity contribution is -0.118. The first-order valence-corrected chi connectivity index (χ1v) is 3.21. The minimum atomic E-state index is -0.480. The Kier molecular flexibility index (Phi) is 1.89. The highest BCUT2D eigenvalue weighted by atomic mass is 16.2. The van der Waals surface area contributed by atoms with E-state index in [1.807, 2.05) is 0 Å². The van der Waals surface area contributed by atoms with Crippen molar-refractivity contribution in [3.8, 4) is 0 Å². The third-order valence-electron chi connectivity index (χ3n) is 1.28. The number of urea groups is 1. The first-order valence-electron chi connectivity index (χ1n) is 3.21. The average molecular weight is 155 g/mol. The zero-order valence-electron chi connectivity index (χ0n) is 6.42. The third-order valence-corrected chi connectivity index (χ3v) is 1.28. The van der Waals surface area contributed by atoms with Gasteiger partial charge in [-0.2, -0.15) is 5.10 Å². The summed E-state index contributed by atoms with van der Waals surface area (Å²) in [6.07, 6.45) is 0.191. The van der Waals surface area contributed by atoms with Crippen molar-refractivity contribution in [2.45, 2.75) is 13.3 Å². The number of hydrogen-bond acceptors (Lipinski definition) is 3. The maximum Gasteiger partial charge on any atom is 0.344 e. The molecule has 1 aliphatic rings. The van der Waals surface area contributed by atoms with E-state index in [0.29, 0.717) is 5.71 Å². The first kappa shape index (κ1) is 7.71. The lowest BCUT2D eigenvalue weighted by Crippen LogP contribution is -2.35. The molecule has 0 aromatic carbocycles. The normalized spacial score (nSPS) is 19.1. The van der Waals surface area contributed by atoms with Gasteiger partial charge in [-0.25, -0.2) is 9.80 Å². The molecule has 0 atom stereocenters. The molecule has 0 bridgehead atoms. The van der Waals surface area contributed by atoms with E-state index in [0.717, 1.165) is 5.01 Å². The number of carbonyl (C=O) groups excluding carboxylic acids is 2. The average Bonchev–Trinajstić information content (AvgIpc) is 1.93. The topological polar surface area (TPSA) is 61.8 Å². The molecule has 1 rings (SSSR count). The minimum Gasteiger partial charge on any atom is -0.276 e. The summed E-state index contributed by atoms with van der Waals surface area (Å²) in [7, 11) is 1.50. The van der Waals surface area contributed by atoms with Crippen molar-refractivity contribution in [2.75, 3.05) is 7.05 Å². The number of hydrazone groups is 1. The number of amides is 3. The Hall–Kier alpha value is -1.39. The Balaban J connectivity index is 2.83. The zero-order valence-corrected chi connectivity index (χ0v) is 6.42. The Morgan fingerprint density at radius 2 is 2.18 bits per heavy atom. The summed E-state index contributed by atoms with van der Waals surface area (Å²) in [6.45, 7) is 1.70. The molecule has 1 N–H and O–H groups in total. The number of nitrogens with one attached hydrogen (secondary N) is 1. The molecular formula is C6H9N3O2. The number of rotatable bonds is 0. The van der Waals surface area contributed by atoms with Crippen molar-refractivity contribution < 1.29 is 9.59 Å². The van der Waals surface area contributed by atoms with Gasteiger partial charge in [0.05, 0.1) is 6.42 Å². The summed E-state index contributed by atoms with van der Waals surface area (Å²) in [4.78, 5) is 21.7. The number of imide groups is 1. The summed E-state index contributed by atoms with van der Waals surface area (Å²) in [5.41, 5.74) is 0.635. The molecule has 1 heterocycles. The highest BCUT2D eigenvalue weighted by molar-refractivity contribution is 6.07. The van der Waals surface area contributed by atoms with Gasteiger partial charge in [-0.05, 0) is 6.92 Å². The smallest absolute Gasteiger partial charge is 0.276 e. The van der Waals surface area contributed by atoms with Crippen LogP contribution in [0, 0.1) is 0 Å². The zero-order chi connectivity index (χ0) is 8.43. The van der Waals surface area contributed by atoms with E-state index in [1.54, 1.807) is 6.92 Å². The summed E-state index contributed by atoms with van der Waals surface area (Å²) < 4.78 is 0. The van der Waals surface area contributed by atoms with Crippen molar-refractivity contribution in [2.24, 2.45) is 5.10 Å². The fraction of sp³-hybridized carbons (Fsp3) is 0.500. The van der Waals surface area contributed by atoms with Gasteiger partial charge in [0.15, 0.2) is 0 Å². The maximum absolute atomic E-state index is 10.9. The third kappa shape index (κ3) is 1.76. The highest BCUT2D eigenvalue weighted by Crippen LogP contribution is 1.96. The maximum atomic E-state index is 10.9. The van der Waals surface area contributed by atoms with Gasteiger partial charge in [0.25, 0.3) is 0 Å². The van der Waals surface area contributed by atoms with Gasteiger partial charge in [-0.15, -0.1) is 0 Å². The monoisotopic (exact) mass is 155 g/mol. The Labute approximate surface area is 64.1 Å². The molecule has 0 aromatic heterocycles. The summed E-state index contributed by atoms with van der Waals surface area (Å²) >= 11 is 0. The highest BCUT2D eigenvalue weighted by Gasteiger charge is 2.16. The van der Waals surface area contributed by atoms with Crippen LogP contribution in [0.2, 0.25) is 0 Å². The van der Waals surface area contributed by atoms with Gasteiger partial charge in [-0.1, -0.05) is 0 Å². The van der Waals surface area contributed by atoms with Gasteiger partial charge in [0.1, 0.15) is 0 Å². The fourth-order valence-electron chi connectivity index (χ4n) is 0.814. The fourth-order valence-corrected chi connectivity index (χ4v) is 0.814. The Morgan fingerprint density at radius 1 is 1.55 bits per heavy atom. The molecule has 1 aliphatic heterocycles. The quantitative estimate of drug-likeness (QED) is 0.532. The molecular weight excluding hydrogens is 146 g/mol. The van der Waals surface area contributed by atoms with Crippen LogP contribution < -0.4 is 5.32 Å². The molecule has 0 saturated carbocycles. The van der Waals surface area contributed by atoms with Crippen molar-refractivity contribution in [1.82, 2.24) is 10.3 Å². The van der Waals surface area contributed by atoms with Crippen LogP contribution in [0.4, 0.5) is 4.79 Å². The van der Waals surface area contributed by atoms with Crippen LogP contribution in [0.15, 0.2) is 5.10 Å². The van der Waals surface area contributed by atoms with Crippen LogP contribution in [0.5, 0.6) is 0 Å². The van der Waals surface area contributed by atoms with Crippen molar-refractivity contribution in [3.05, 3.63) is 0 Å². The molecule has 11 heavy (non-hydrogen) atoms. The molecule has 0 saturated heterocycles. The van der Waals surface area contributed by atoms with E-state index in [-0.39, 0.29) is 12.3 Å². The second-order valence-electron chi connectivity index (χ2n) is 2.39. The van der Waals surface area contributed by atoms with Crippen molar-refractivity contribution in [3.63, 3.8) is 0 Å². The van der Waals surface area contributed by atoms with E-state index in [4.69, 9.17) is 0 Å². The van der Waals surface area contributed by atoms with E-state index >= 15 is 0 Å². The SMILES string of the molecule is CC1=NN(C)C(=O)NC(=O)C1. The van der Waals surface area contributed by atoms with Crippen LogP contribution in [0.3, 0.4) is 0 Å². The van der Waals surface area contributed by atoms with Gasteiger partial charge in [-0.3, -0.25) is 10.1 Å². The summed E-state index contributed by atoms with van der Waals surface area (Å²) in [6, 6.07) is -0.480. The molecule has 0 aromatic rings. The summed E-state index contributed by atoms with van der Waals surface area (Å²) in [5, 5.41) is 7.09. The molecule has 3 amide bonds. The predicted molar refractivity (Wildman–Crippen MR) is 39.0 cm³/mol. The van der Waals surface area contributed by atoms with Crippen LogP contribution in [0.1, 0.15) is 13.3 Å². The van der Waals surface area contributed by atoms with Crippen molar-refractivity contribution in [1.29, 1.82) is 0 Å². The van der Waals surface area contributed by atoms with Gasteiger partial charge < -0.3 is 0 Å². The summed E-state index contributed by atoms with van der Waals surface area (Å²) in [5.74, 6) is -0.305. The number of carbonyl (C=O) groups is 2. The molecule has 60 valence electrons. The largest absolute Gasteiger partial charge is 0.344 e. The van der Waals surface area contributed by atoms with Crippen LogP contribution in [-0.2, 0) is 4.79 Å². The second kappa shape index (κ2) is 2.69. The molecule has 0 aliphatic carbocycles. The first-order chi connectivity index (χ1) is 5.09. The van der Waals surface area contributed by atoms with Crippen molar-refractivity contribution >= 4 is 17.6 Å². The predicted octanol–water partition coefficient (Wildman–Crippen LogP) is -0.0660. The lowest BCUT2D eigenvalue weighted by atomic mass is 10.3. The van der Waals surface area contributed by atoms with Crippen LogP contribution >= 0.6 is 0 Å². The molecule has 5 nitrogen and oxygen atoms in total. The van der Waals surface area contributed by atoms with Crippen LogP contribution in [0.25, 0.3) is 0 Å². The number of hydrogen-bond donors (Lipinski definition) is 1. The van der Waals surface area contributed by atoms with E-state index < -0.39 is 6.03 Å². The van der Waals surface area contributed by atoms with Crippen LogP contribution in [-0.4, -0.2) is 29.7 Å².